The summed E-state index contributed by atoms with van der Waals surface area (Å²) in [5.74, 6) is 0.195. The molecule has 3 aromatic rings. The highest BCUT2D eigenvalue weighted by molar-refractivity contribution is 5.83. The normalized spacial score (nSPS) is 10.2. The number of nitrogens with one attached hydrogen (secondary N) is 1. The molecule has 0 saturated carbocycles. The number of hydrogen-bond donors (Lipinski definition) is 1. The Kier molecular flexibility index (Phi) is 2.86. The summed E-state index contributed by atoms with van der Waals surface area (Å²) >= 11 is 0. The fourth-order valence-corrected chi connectivity index (χ4v) is 2.00. The van der Waals surface area contributed by atoms with Gasteiger partial charge in [0.2, 0.25) is 0 Å². The predicted molar refractivity (Wildman–Crippen MR) is 75.1 cm³/mol. The van der Waals surface area contributed by atoms with Crippen LogP contribution in [-0.2, 0) is 0 Å². The Balaban J connectivity index is 2.19. The summed E-state index contributed by atoms with van der Waals surface area (Å²) in [5, 5.41) is 19.3. The minimum Gasteiger partial charge on any atom is -0.353 e. The Morgan fingerprint density at radius 1 is 1.20 bits per heavy atom. The Labute approximate surface area is 114 Å². The summed E-state index contributed by atoms with van der Waals surface area (Å²) in [6.07, 6.45) is 1.41. The molecule has 20 heavy (non-hydrogen) atoms. The lowest BCUT2D eigenvalue weighted by Crippen LogP contribution is -2.00. The molecule has 0 bridgehead atoms. The van der Waals surface area contributed by atoms with Crippen LogP contribution in [0.1, 0.15) is 5.56 Å². The molecule has 0 unspecified atom stereocenters. The van der Waals surface area contributed by atoms with Crippen LogP contribution < -0.4 is 5.32 Å². The molecule has 0 atom stereocenters. The average Bonchev–Trinajstić information content (AvgIpc) is 2.92. The third-order valence-electron chi connectivity index (χ3n) is 2.92. The van der Waals surface area contributed by atoms with Gasteiger partial charge in [-0.2, -0.15) is 10.4 Å². The van der Waals surface area contributed by atoms with Gasteiger partial charge in [-0.1, -0.05) is 18.2 Å². The van der Waals surface area contributed by atoms with Crippen molar-refractivity contribution in [2.75, 3.05) is 5.32 Å². The van der Waals surface area contributed by atoms with E-state index in [2.05, 4.69) is 21.7 Å². The maximum Gasteiger partial charge on any atom is 0.198 e. The molecule has 3 rings (SSSR count). The molecule has 0 aliphatic carbocycles. The number of benzene rings is 1. The van der Waals surface area contributed by atoms with Crippen LogP contribution in [0.25, 0.3) is 5.52 Å². The third kappa shape index (κ3) is 1.87. The molecule has 0 radical (unpaired) electrons. The molecule has 96 valence electrons. The fraction of sp³-hybridized carbons (Fsp3) is 0. The van der Waals surface area contributed by atoms with Crippen molar-refractivity contribution in [3.05, 3.63) is 59.1 Å². The zero-order chi connectivity index (χ0) is 13.9. The van der Waals surface area contributed by atoms with E-state index in [9.17, 15) is 10.2 Å². The van der Waals surface area contributed by atoms with Crippen LogP contribution >= 0.6 is 0 Å². The number of anilines is 2. The molecule has 1 aromatic carbocycles. The summed E-state index contributed by atoms with van der Waals surface area (Å²) in [7, 11) is 0. The first-order chi connectivity index (χ1) is 9.83. The Hall–Kier alpha value is -3.20. The second-order valence-corrected chi connectivity index (χ2v) is 4.12. The van der Waals surface area contributed by atoms with E-state index in [4.69, 9.17) is 0 Å². The molecule has 6 nitrogen and oxygen atoms in total. The molecule has 2 aromatic heterocycles. The zero-order valence-electron chi connectivity index (χ0n) is 10.3. The highest BCUT2D eigenvalue weighted by atomic mass is 16.3. The molecule has 1 N–H and O–H groups in total. The van der Waals surface area contributed by atoms with Gasteiger partial charge in [-0.25, -0.2) is 4.52 Å². The average molecular weight is 263 g/mol. The van der Waals surface area contributed by atoms with Crippen molar-refractivity contribution in [2.24, 2.45) is 5.18 Å². The number of para-hydroxylation sites is 1. The molecule has 0 amide bonds. The van der Waals surface area contributed by atoms with Gasteiger partial charge in [-0.3, -0.25) is 0 Å². The van der Waals surface area contributed by atoms with E-state index in [-0.39, 0.29) is 5.82 Å². The van der Waals surface area contributed by atoms with E-state index < -0.39 is 0 Å². The summed E-state index contributed by atoms with van der Waals surface area (Å²) in [4.78, 5) is 10.7. The topological polar surface area (TPSA) is 82.6 Å². The predicted octanol–water partition coefficient (Wildman–Crippen LogP) is 3.35. The van der Waals surface area contributed by atoms with Gasteiger partial charge in [0.15, 0.2) is 5.82 Å². The number of nitriles is 1. The van der Waals surface area contributed by atoms with E-state index >= 15 is 0 Å². The van der Waals surface area contributed by atoms with Crippen molar-refractivity contribution in [2.45, 2.75) is 0 Å². The van der Waals surface area contributed by atoms with Gasteiger partial charge in [-0.05, 0) is 29.4 Å². The van der Waals surface area contributed by atoms with Crippen molar-refractivity contribution in [1.82, 2.24) is 9.61 Å². The number of fused-ring (bicyclic) bond motifs is 1. The first-order valence-corrected chi connectivity index (χ1v) is 5.90. The second kappa shape index (κ2) is 4.82. The van der Waals surface area contributed by atoms with Crippen LogP contribution in [0, 0.1) is 16.2 Å². The molecule has 0 aliphatic rings. The summed E-state index contributed by atoms with van der Waals surface area (Å²) in [5.41, 5.74) is 2.47. The second-order valence-electron chi connectivity index (χ2n) is 4.12. The van der Waals surface area contributed by atoms with Gasteiger partial charge in [0.25, 0.3) is 0 Å². The lowest BCUT2D eigenvalue weighted by molar-refractivity contribution is 0.935. The molecule has 6 heteroatoms. The fourth-order valence-electron chi connectivity index (χ4n) is 2.00. The van der Waals surface area contributed by atoms with E-state index in [1.54, 1.807) is 12.1 Å². The van der Waals surface area contributed by atoms with Crippen LogP contribution in [0.4, 0.5) is 17.2 Å². The SMILES string of the molecule is N#Cc1cnn2c(N=O)ccc2c1Nc1ccccc1. The van der Waals surface area contributed by atoms with Crippen molar-refractivity contribution >= 4 is 22.7 Å². The van der Waals surface area contributed by atoms with Crippen molar-refractivity contribution in [3.63, 3.8) is 0 Å². The summed E-state index contributed by atoms with van der Waals surface area (Å²) in [6, 6.07) is 14.8. The number of rotatable bonds is 3. The lowest BCUT2D eigenvalue weighted by Gasteiger charge is -2.09. The van der Waals surface area contributed by atoms with Crippen LogP contribution in [0.3, 0.4) is 0 Å². The number of aromatic nitrogens is 2. The van der Waals surface area contributed by atoms with E-state index in [0.717, 1.165) is 5.69 Å². The van der Waals surface area contributed by atoms with E-state index in [1.807, 2.05) is 30.3 Å². The smallest absolute Gasteiger partial charge is 0.198 e. The van der Waals surface area contributed by atoms with Crippen LogP contribution in [0.15, 0.2) is 53.8 Å². The van der Waals surface area contributed by atoms with Crippen LogP contribution in [-0.4, -0.2) is 9.61 Å². The quantitative estimate of drug-likeness (QED) is 0.734. The van der Waals surface area contributed by atoms with Gasteiger partial charge in [0.1, 0.15) is 6.07 Å². The third-order valence-corrected chi connectivity index (χ3v) is 2.92. The highest BCUT2D eigenvalue weighted by Gasteiger charge is 2.12. The van der Waals surface area contributed by atoms with Crippen LogP contribution in [0.5, 0.6) is 0 Å². The van der Waals surface area contributed by atoms with Crippen molar-refractivity contribution in [3.8, 4) is 6.07 Å². The molecule has 0 saturated heterocycles. The van der Waals surface area contributed by atoms with Gasteiger partial charge in [0.05, 0.1) is 23.0 Å². The minimum absolute atomic E-state index is 0.195. The maximum atomic E-state index is 10.7. The summed E-state index contributed by atoms with van der Waals surface area (Å²) < 4.78 is 1.40. The largest absolute Gasteiger partial charge is 0.353 e. The first-order valence-electron chi connectivity index (χ1n) is 5.90. The van der Waals surface area contributed by atoms with Gasteiger partial charge >= 0.3 is 0 Å². The number of nitrogens with zero attached hydrogens (tertiary/aromatic N) is 4. The maximum absolute atomic E-state index is 10.7. The van der Waals surface area contributed by atoms with Gasteiger partial charge < -0.3 is 5.32 Å². The highest BCUT2D eigenvalue weighted by Crippen LogP contribution is 2.28. The number of hydrogen-bond acceptors (Lipinski definition) is 5. The van der Waals surface area contributed by atoms with Gasteiger partial charge in [-0.15, -0.1) is 4.91 Å². The summed E-state index contributed by atoms with van der Waals surface area (Å²) in [6.45, 7) is 0. The van der Waals surface area contributed by atoms with Crippen LogP contribution in [0.2, 0.25) is 0 Å². The molecule has 2 heterocycles. The zero-order valence-corrected chi connectivity index (χ0v) is 10.3. The molecular formula is C14H9N5O. The molecule has 0 fully saturated rings. The Morgan fingerprint density at radius 3 is 2.70 bits per heavy atom. The van der Waals surface area contributed by atoms with Crippen molar-refractivity contribution in [1.29, 1.82) is 5.26 Å². The standard InChI is InChI=1S/C14H9N5O/c15-8-10-9-16-19-12(6-7-13(19)18-20)14(10)17-11-4-2-1-3-5-11/h1-7,9,17H. The first kappa shape index (κ1) is 11.9. The van der Waals surface area contributed by atoms with E-state index in [0.29, 0.717) is 16.8 Å². The number of nitroso groups, excluding NO2 is 1. The molecule has 0 spiro atoms. The lowest BCUT2D eigenvalue weighted by atomic mass is 10.2. The Bertz CT molecular complexity index is 817. The Morgan fingerprint density at radius 2 is 2.00 bits per heavy atom. The minimum atomic E-state index is 0.195. The molecular weight excluding hydrogens is 254 g/mol. The monoisotopic (exact) mass is 263 g/mol. The van der Waals surface area contributed by atoms with Gasteiger partial charge in [0, 0.05) is 5.69 Å². The molecule has 0 aliphatic heterocycles. The van der Waals surface area contributed by atoms with E-state index in [1.165, 1.54) is 10.7 Å². The van der Waals surface area contributed by atoms with Crippen molar-refractivity contribution < 1.29 is 0 Å².